The topological polar surface area (TPSA) is 108 Å². The minimum atomic E-state index is -3.99. The van der Waals surface area contributed by atoms with Crippen molar-refractivity contribution in [3.63, 3.8) is 0 Å². The highest BCUT2D eigenvalue weighted by molar-refractivity contribution is 9.10. The summed E-state index contributed by atoms with van der Waals surface area (Å²) in [5.41, 5.74) is 2.36. The van der Waals surface area contributed by atoms with Gasteiger partial charge in [0.05, 0.1) is 37.3 Å². The first-order valence-electron chi connectivity index (χ1n) is 10.2. The van der Waals surface area contributed by atoms with Gasteiger partial charge in [0, 0.05) is 5.69 Å². The number of benzene rings is 2. The zero-order valence-corrected chi connectivity index (χ0v) is 22.3. The summed E-state index contributed by atoms with van der Waals surface area (Å²) in [6, 6.07) is 13.2. The summed E-state index contributed by atoms with van der Waals surface area (Å²) in [5, 5.41) is 7.61. The molecule has 0 aliphatic heterocycles. The number of nitrogens with zero attached hydrogens (tertiary/aromatic N) is 3. The number of aryl methyl sites for hydroxylation is 1. The average Bonchev–Trinajstić information content (AvgIpc) is 3.37. The van der Waals surface area contributed by atoms with Gasteiger partial charge in [-0.15, -0.1) is 5.69 Å². The van der Waals surface area contributed by atoms with Crippen LogP contribution in [0.5, 0.6) is 0 Å². The molecule has 8 nitrogen and oxygen atoms in total. The first kappa shape index (κ1) is 25.3. The molecule has 4 rings (SSSR count). The second-order valence-electron chi connectivity index (χ2n) is 7.55. The lowest BCUT2D eigenvalue weighted by atomic mass is 10.3. The number of nitrogens with one attached hydrogen (secondary N) is 1. The number of sulfonamides is 1. The van der Waals surface area contributed by atoms with E-state index >= 15 is 0 Å². The lowest BCUT2D eigenvalue weighted by Gasteiger charge is -2.22. The number of hydrogen-bond acceptors (Lipinski definition) is 5. The van der Waals surface area contributed by atoms with E-state index in [0.717, 1.165) is 15.9 Å². The molecule has 2 heterocycles. The van der Waals surface area contributed by atoms with Gasteiger partial charge in [0.15, 0.2) is 5.76 Å². The molecule has 182 valence electrons. The molecule has 0 saturated carbocycles. The number of rotatable bonds is 7. The van der Waals surface area contributed by atoms with Gasteiger partial charge in [-0.1, -0.05) is 35.3 Å². The lowest BCUT2D eigenvalue weighted by Crippen LogP contribution is -2.11. The van der Waals surface area contributed by atoms with E-state index < -0.39 is 15.9 Å². The summed E-state index contributed by atoms with van der Waals surface area (Å²) < 4.78 is 37.3. The average molecular weight is 597 g/mol. The Labute approximate surface area is 220 Å². The van der Waals surface area contributed by atoms with Crippen molar-refractivity contribution in [2.24, 2.45) is 0 Å². The first-order valence-corrected chi connectivity index (χ1v) is 13.1. The molecular weight excluding hydrogens is 579 g/mol. The van der Waals surface area contributed by atoms with Gasteiger partial charge in [-0.05, 0) is 72.2 Å². The third-order valence-electron chi connectivity index (χ3n) is 5.02. The van der Waals surface area contributed by atoms with Crippen LogP contribution >= 0.6 is 39.1 Å². The van der Waals surface area contributed by atoms with Crippen LogP contribution in [0.25, 0.3) is 4.72 Å². The maximum Gasteiger partial charge on any atom is 0.291 e. The van der Waals surface area contributed by atoms with Crippen LogP contribution in [0.4, 0.5) is 11.4 Å². The van der Waals surface area contributed by atoms with Gasteiger partial charge in [-0.3, -0.25) is 9.48 Å². The quantitative estimate of drug-likeness (QED) is 0.251. The minimum absolute atomic E-state index is 0.0436. The molecule has 0 fully saturated rings. The molecule has 0 atom stereocenters. The first-order chi connectivity index (χ1) is 16.5. The number of carbonyl (C=O) groups excluding carboxylic acids is 1. The Balaban J connectivity index is 1.41. The van der Waals surface area contributed by atoms with E-state index in [4.69, 9.17) is 27.6 Å². The molecule has 4 aromatic rings. The van der Waals surface area contributed by atoms with Crippen LogP contribution in [0.1, 0.15) is 27.7 Å². The van der Waals surface area contributed by atoms with Crippen LogP contribution < -0.4 is 5.32 Å². The van der Waals surface area contributed by atoms with Crippen molar-refractivity contribution >= 4 is 66.4 Å². The SMILES string of the molecule is Cc1nn(Cc2ccc(C(=O)Nc3ccc(S(=O)(=O)[N-]c4ccc(Cl)c(Cl)c4)cc3)o2)c(C)c1Br. The molecule has 0 aliphatic carbocycles. The molecule has 1 amide bonds. The van der Waals surface area contributed by atoms with Crippen LogP contribution in [0, 0.1) is 13.8 Å². The third kappa shape index (κ3) is 5.72. The van der Waals surface area contributed by atoms with Gasteiger partial charge in [0.1, 0.15) is 15.8 Å². The fourth-order valence-corrected chi connectivity index (χ4v) is 4.75. The van der Waals surface area contributed by atoms with E-state index in [-0.39, 0.29) is 21.4 Å². The van der Waals surface area contributed by atoms with Crippen molar-refractivity contribution in [1.29, 1.82) is 0 Å². The van der Waals surface area contributed by atoms with Crippen LogP contribution in [0.15, 0.2) is 68.4 Å². The number of halogens is 3. The summed E-state index contributed by atoms with van der Waals surface area (Å²) in [4.78, 5) is 12.5. The third-order valence-corrected chi connectivity index (χ3v) is 8.23. The van der Waals surface area contributed by atoms with Gasteiger partial charge in [0.2, 0.25) is 0 Å². The van der Waals surface area contributed by atoms with E-state index in [1.165, 1.54) is 42.5 Å². The second-order valence-corrected chi connectivity index (χ2v) is 10.8. The molecule has 0 saturated heterocycles. The fraction of sp³-hybridized carbons (Fsp3) is 0.130. The molecule has 2 aromatic carbocycles. The summed E-state index contributed by atoms with van der Waals surface area (Å²) in [6.45, 7) is 4.20. The standard InChI is InChI=1S/C23H18BrCl2N4O4S/c1-13-22(24)14(2)30(28-13)12-17-6-10-21(34-17)23(31)27-15-3-7-18(8-4-15)35(32,33)29-16-5-9-19(25)20(26)11-16/h3-11H,12H2,1-2H3,(H,27,31)/q-1. The molecule has 12 heteroatoms. The van der Waals surface area contributed by atoms with Crippen LogP contribution in [0.3, 0.4) is 0 Å². The normalized spacial score (nSPS) is 11.5. The molecular formula is C23H18BrCl2N4O4S-. The Kier molecular flexibility index (Phi) is 7.27. The smallest absolute Gasteiger partial charge is 0.291 e. The number of carbonyl (C=O) groups is 1. The van der Waals surface area contributed by atoms with Gasteiger partial charge < -0.3 is 14.5 Å². The number of aromatic nitrogens is 2. The predicted octanol–water partition coefficient (Wildman–Crippen LogP) is 6.86. The van der Waals surface area contributed by atoms with Crippen molar-refractivity contribution in [2.75, 3.05) is 5.32 Å². The number of amides is 1. The van der Waals surface area contributed by atoms with E-state index in [0.29, 0.717) is 23.0 Å². The largest absolute Gasteiger partial charge is 0.573 e. The van der Waals surface area contributed by atoms with Gasteiger partial charge in [0.25, 0.3) is 5.91 Å². The summed E-state index contributed by atoms with van der Waals surface area (Å²) in [6.07, 6.45) is 0. The lowest BCUT2D eigenvalue weighted by molar-refractivity contribution is 0.0994. The number of anilines is 1. The monoisotopic (exact) mass is 595 g/mol. The Hall–Kier alpha value is -2.79. The molecule has 1 N–H and O–H groups in total. The minimum Gasteiger partial charge on any atom is -0.573 e. The van der Waals surface area contributed by atoms with Gasteiger partial charge in [-0.2, -0.15) is 5.10 Å². The van der Waals surface area contributed by atoms with Crippen LogP contribution in [-0.4, -0.2) is 24.1 Å². The Morgan fingerprint density at radius 1 is 1.09 bits per heavy atom. The predicted molar refractivity (Wildman–Crippen MR) is 138 cm³/mol. The van der Waals surface area contributed by atoms with Crippen molar-refractivity contribution in [3.8, 4) is 0 Å². The van der Waals surface area contributed by atoms with E-state index in [2.05, 4.69) is 31.1 Å². The highest BCUT2D eigenvalue weighted by atomic mass is 79.9. The maximum atomic E-state index is 12.6. The Bertz CT molecular complexity index is 1520. The molecule has 0 unspecified atom stereocenters. The van der Waals surface area contributed by atoms with Crippen LogP contribution in [0.2, 0.25) is 10.0 Å². The van der Waals surface area contributed by atoms with E-state index in [9.17, 15) is 13.2 Å². The van der Waals surface area contributed by atoms with E-state index in [1.807, 2.05) is 13.8 Å². The Morgan fingerprint density at radius 2 is 1.80 bits per heavy atom. The molecule has 0 radical (unpaired) electrons. The number of hydrogen-bond donors (Lipinski definition) is 1. The van der Waals surface area contributed by atoms with Crippen molar-refractivity contribution in [3.05, 3.63) is 96.7 Å². The summed E-state index contributed by atoms with van der Waals surface area (Å²) >= 11 is 15.3. The number of furan rings is 1. The van der Waals surface area contributed by atoms with E-state index in [1.54, 1.807) is 16.8 Å². The van der Waals surface area contributed by atoms with Crippen molar-refractivity contribution in [2.45, 2.75) is 25.3 Å². The fourth-order valence-electron chi connectivity index (χ4n) is 3.20. The second kappa shape index (κ2) is 10.1. The van der Waals surface area contributed by atoms with Gasteiger partial charge >= 0.3 is 0 Å². The zero-order chi connectivity index (χ0) is 25.3. The van der Waals surface area contributed by atoms with Crippen LogP contribution in [-0.2, 0) is 16.6 Å². The Morgan fingerprint density at radius 3 is 2.43 bits per heavy atom. The highest BCUT2D eigenvalue weighted by Crippen LogP contribution is 2.33. The molecule has 35 heavy (non-hydrogen) atoms. The summed E-state index contributed by atoms with van der Waals surface area (Å²) in [7, 11) is -3.99. The van der Waals surface area contributed by atoms with Gasteiger partial charge in [-0.25, -0.2) is 8.42 Å². The molecule has 2 aromatic heterocycles. The highest BCUT2D eigenvalue weighted by Gasteiger charge is 2.15. The summed E-state index contributed by atoms with van der Waals surface area (Å²) in [5.74, 6) is 0.215. The maximum absolute atomic E-state index is 12.6. The van der Waals surface area contributed by atoms with Crippen molar-refractivity contribution in [1.82, 2.24) is 9.78 Å². The molecule has 0 spiro atoms. The molecule has 0 bridgehead atoms. The molecule has 0 aliphatic rings. The van der Waals surface area contributed by atoms with Crippen molar-refractivity contribution < 1.29 is 17.6 Å². The zero-order valence-electron chi connectivity index (χ0n) is 18.4.